The Hall–Kier alpha value is -3.85. The summed E-state index contributed by atoms with van der Waals surface area (Å²) in [5, 5.41) is 7.24. The van der Waals surface area contributed by atoms with Gasteiger partial charge in [-0.1, -0.05) is 24.9 Å². The Labute approximate surface area is 230 Å². The molecule has 1 N–H and O–H groups in total. The van der Waals surface area contributed by atoms with Crippen LogP contribution in [0.5, 0.6) is 0 Å². The van der Waals surface area contributed by atoms with Gasteiger partial charge < -0.3 is 10.2 Å². The first kappa shape index (κ1) is 26.7. The van der Waals surface area contributed by atoms with Gasteiger partial charge in [0, 0.05) is 48.5 Å². The predicted octanol–water partition coefficient (Wildman–Crippen LogP) is 5.59. The number of nitrogens with zero attached hydrogens (tertiary/aromatic N) is 4. The van der Waals surface area contributed by atoms with Crippen molar-refractivity contribution in [3.05, 3.63) is 70.4 Å². The van der Waals surface area contributed by atoms with Gasteiger partial charge in [0.1, 0.15) is 5.82 Å². The van der Waals surface area contributed by atoms with Gasteiger partial charge in [-0.3, -0.25) is 24.0 Å². The molecule has 202 valence electrons. The van der Waals surface area contributed by atoms with E-state index in [9.17, 15) is 14.4 Å². The second-order valence-corrected chi connectivity index (χ2v) is 10.5. The Kier molecular flexibility index (Phi) is 7.36. The van der Waals surface area contributed by atoms with E-state index >= 15 is 4.39 Å². The number of ketones is 1. The molecule has 5 rings (SSSR count). The molecular formula is C29H29ClFN5O3. The van der Waals surface area contributed by atoms with E-state index in [1.807, 2.05) is 26.1 Å². The van der Waals surface area contributed by atoms with Crippen molar-refractivity contribution in [3.8, 4) is 11.3 Å². The summed E-state index contributed by atoms with van der Waals surface area (Å²) < 4.78 is 16.8. The summed E-state index contributed by atoms with van der Waals surface area (Å²) in [6, 6.07) is 6.28. The lowest BCUT2D eigenvalue weighted by atomic mass is 9.90. The third-order valence-corrected chi connectivity index (χ3v) is 7.82. The van der Waals surface area contributed by atoms with Crippen molar-refractivity contribution >= 4 is 40.5 Å². The molecule has 2 aromatic heterocycles. The van der Waals surface area contributed by atoms with Crippen molar-refractivity contribution in [2.75, 3.05) is 11.9 Å². The molecule has 10 heteroatoms. The minimum atomic E-state index is -0.698. The van der Waals surface area contributed by atoms with E-state index in [1.165, 1.54) is 25.1 Å². The summed E-state index contributed by atoms with van der Waals surface area (Å²) in [7, 11) is 1.81. The predicted molar refractivity (Wildman–Crippen MR) is 147 cm³/mol. The molecule has 2 atom stereocenters. The van der Waals surface area contributed by atoms with Crippen LogP contribution >= 0.6 is 11.6 Å². The third-order valence-electron chi connectivity index (χ3n) is 7.53. The number of rotatable bonds is 3. The largest absolute Gasteiger partial charge is 0.330 e. The van der Waals surface area contributed by atoms with E-state index in [0.29, 0.717) is 43.5 Å². The number of pyridine rings is 1. The van der Waals surface area contributed by atoms with Gasteiger partial charge in [0.2, 0.25) is 11.8 Å². The Morgan fingerprint density at radius 2 is 2.00 bits per heavy atom. The fraction of sp³-hybridized carbons (Fsp3) is 0.345. The number of carbonyl (C=O) groups excluding carboxylic acids is 3. The second kappa shape index (κ2) is 10.7. The molecule has 4 heterocycles. The smallest absolute Gasteiger partial charge is 0.247 e. The van der Waals surface area contributed by atoms with Crippen LogP contribution in [0.4, 0.5) is 10.1 Å². The molecule has 0 fully saturated rings. The molecule has 2 amide bonds. The lowest BCUT2D eigenvalue weighted by Crippen LogP contribution is -2.38. The maximum atomic E-state index is 15.1. The Morgan fingerprint density at radius 1 is 1.21 bits per heavy atom. The zero-order valence-corrected chi connectivity index (χ0v) is 22.8. The number of fused-ring (bicyclic) bond motifs is 4. The molecule has 2 aliphatic rings. The number of carbonyl (C=O) groups is 3. The molecule has 1 aromatic carbocycles. The highest BCUT2D eigenvalue weighted by Gasteiger charge is 2.32. The highest BCUT2D eigenvalue weighted by Crippen LogP contribution is 2.37. The number of aryl methyl sites for hydroxylation is 1. The minimum Gasteiger partial charge on any atom is -0.330 e. The molecular weight excluding hydrogens is 521 g/mol. The van der Waals surface area contributed by atoms with Gasteiger partial charge in [0.25, 0.3) is 0 Å². The normalized spacial score (nSPS) is 19.9. The summed E-state index contributed by atoms with van der Waals surface area (Å²) in [4.78, 5) is 45.0. The Balaban J connectivity index is 1.54. The van der Waals surface area contributed by atoms with Crippen molar-refractivity contribution in [3.63, 3.8) is 0 Å². The quantitative estimate of drug-likeness (QED) is 0.429. The number of anilines is 1. The number of benzene rings is 1. The first-order chi connectivity index (χ1) is 18.7. The fourth-order valence-electron chi connectivity index (χ4n) is 5.44. The fourth-order valence-corrected chi connectivity index (χ4v) is 5.59. The number of Topliss-reactive ketones (excluding diaryl/α,β-unsaturated/α-hetero) is 1. The van der Waals surface area contributed by atoms with E-state index in [0.717, 1.165) is 17.0 Å². The molecule has 0 saturated carbocycles. The Bertz CT molecular complexity index is 1510. The number of hydrogen-bond acceptors (Lipinski definition) is 5. The van der Waals surface area contributed by atoms with Crippen molar-refractivity contribution < 1.29 is 18.8 Å². The molecule has 2 aliphatic heterocycles. The first-order valence-electron chi connectivity index (χ1n) is 13.0. The van der Waals surface area contributed by atoms with Crippen molar-refractivity contribution in [2.45, 2.75) is 45.6 Å². The first-order valence-corrected chi connectivity index (χ1v) is 13.3. The lowest BCUT2D eigenvalue weighted by molar-refractivity contribution is -0.129. The van der Waals surface area contributed by atoms with Crippen LogP contribution in [-0.4, -0.2) is 43.8 Å². The molecule has 0 aliphatic carbocycles. The van der Waals surface area contributed by atoms with Gasteiger partial charge in [0.05, 0.1) is 34.3 Å². The number of nitrogens with one attached hydrogen (secondary N) is 1. The van der Waals surface area contributed by atoms with Crippen LogP contribution in [0.3, 0.4) is 0 Å². The standard InChI is InChI=1S/C29H29ClFN5O3/c1-16-5-4-6-24(22-13-19(9-11-32-22)28-23(34-29(16)39)15-33-35(28)3)36-12-10-18(14-25(36)38)26-20(17(2)37)7-8-21(30)27(26)31/h7-9,11,13-16,24H,4-6,10,12H2,1-3H3,(H,34,39). The summed E-state index contributed by atoms with van der Waals surface area (Å²) in [6.45, 7) is 3.57. The van der Waals surface area contributed by atoms with Crippen molar-refractivity contribution in [2.24, 2.45) is 13.0 Å². The molecule has 2 unspecified atom stereocenters. The summed E-state index contributed by atoms with van der Waals surface area (Å²) in [5.74, 6) is -1.60. The van der Waals surface area contributed by atoms with Crippen LogP contribution in [0.2, 0.25) is 5.02 Å². The van der Waals surface area contributed by atoms with Crippen molar-refractivity contribution in [1.82, 2.24) is 19.7 Å². The van der Waals surface area contributed by atoms with Gasteiger partial charge in [-0.25, -0.2) is 4.39 Å². The molecule has 8 nitrogen and oxygen atoms in total. The van der Waals surface area contributed by atoms with E-state index in [4.69, 9.17) is 11.6 Å². The third kappa shape index (κ3) is 5.11. The maximum Gasteiger partial charge on any atom is 0.247 e. The van der Waals surface area contributed by atoms with E-state index < -0.39 is 5.82 Å². The van der Waals surface area contributed by atoms with Crippen LogP contribution in [0.25, 0.3) is 16.8 Å². The average molecular weight is 550 g/mol. The SMILES string of the molecule is CC(=O)c1ccc(Cl)c(F)c1C1=CC(=O)N(C2CCCC(C)C(=O)Nc3cnn(C)c3-c3ccnc2c3)CC1. The lowest BCUT2D eigenvalue weighted by Gasteiger charge is -2.35. The number of hydrogen-bond donors (Lipinski definition) is 1. The van der Waals surface area contributed by atoms with Crippen LogP contribution < -0.4 is 5.32 Å². The summed E-state index contributed by atoms with van der Waals surface area (Å²) >= 11 is 6.03. The van der Waals surface area contributed by atoms with Crippen LogP contribution in [0.15, 0.2) is 42.7 Å². The minimum absolute atomic E-state index is 0.0814. The average Bonchev–Trinajstić information content (AvgIpc) is 3.27. The molecule has 0 saturated heterocycles. The van der Waals surface area contributed by atoms with Gasteiger partial charge in [0.15, 0.2) is 5.78 Å². The molecule has 3 aromatic rings. The van der Waals surface area contributed by atoms with Gasteiger partial charge in [-0.05, 0) is 56.0 Å². The number of halogens is 2. The van der Waals surface area contributed by atoms with Crippen LogP contribution in [-0.2, 0) is 16.6 Å². The molecule has 0 radical (unpaired) electrons. The van der Waals surface area contributed by atoms with Gasteiger partial charge in [-0.15, -0.1) is 0 Å². The van der Waals surface area contributed by atoms with Crippen molar-refractivity contribution in [1.29, 1.82) is 0 Å². The molecule has 2 bridgehead atoms. The maximum absolute atomic E-state index is 15.1. The van der Waals surface area contributed by atoms with E-state index in [-0.39, 0.29) is 45.7 Å². The number of amides is 2. The topological polar surface area (TPSA) is 97.2 Å². The number of aromatic nitrogens is 3. The highest BCUT2D eigenvalue weighted by atomic mass is 35.5. The van der Waals surface area contributed by atoms with Crippen LogP contribution in [0, 0.1) is 11.7 Å². The van der Waals surface area contributed by atoms with Gasteiger partial charge in [-0.2, -0.15) is 5.10 Å². The zero-order chi connectivity index (χ0) is 27.8. The Morgan fingerprint density at radius 3 is 2.74 bits per heavy atom. The highest BCUT2D eigenvalue weighted by molar-refractivity contribution is 6.31. The van der Waals surface area contributed by atoms with E-state index in [1.54, 1.807) is 22.0 Å². The zero-order valence-electron chi connectivity index (χ0n) is 22.0. The monoisotopic (exact) mass is 549 g/mol. The van der Waals surface area contributed by atoms with E-state index in [2.05, 4.69) is 15.4 Å². The molecule has 39 heavy (non-hydrogen) atoms. The summed E-state index contributed by atoms with van der Waals surface area (Å²) in [6.07, 6.45) is 7.02. The van der Waals surface area contributed by atoms with Gasteiger partial charge >= 0.3 is 0 Å². The molecule has 0 spiro atoms. The van der Waals surface area contributed by atoms with Crippen LogP contribution in [0.1, 0.15) is 67.2 Å². The second-order valence-electron chi connectivity index (χ2n) is 10.1. The summed E-state index contributed by atoms with van der Waals surface area (Å²) in [5.41, 5.74) is 3.65.